The number of thiophene rings is 2. The topological polar surface area (TPSA) is 0 Å². The van der Waals surface area contributed by atoms with E-state index in [4.69, 9.17) is 0 Å². The first-order chi connectivity index (χ1) is 13.3. The van der Waals surface area contributed by atoms with Crippen LogP contribution in [-0.4, -0.2) is 0 Å². The second-order valence-electron chi connectivity index (χ2n) is 6.31. The molecular weight excluding hydrogens is 479 g/mol. The number of halogens is 1. The van der Waals surface area contributed by atoms with Crippen LogP contribution in [0.1, 0.15) is 0 Å². The van der Waals surface area contributed by atoms with Crippen molar-refractivity contribution in [3.05, 3.63) is 94.6 Å². The summed E-state index contributed by atoms with van der Waals surface area (Å²) in [4.78, 5) is 0. The van der Waals surface area contributed by atoms with Crippen LogP contribution in [0.25, 0.3) is 40.3 Å². The summed E-state index contributed by atoms with van der Waals surface area (Å²) in [6.45, 7) is 0. The van der Waals surface area contributed by atoms with Gasteiger partial charge < -0.3 is 0 Å². The SMILES string of the molecule is Ic1cccc2c1sc1ccccc12.c1ccc2c(c1)sc1ccccc12. The molecule has 0 aliphatic carbocycles. The molecule has 0 aliphatic heterocycles. The number of hydrogen-bond acceptors (Lipinski definition) is 2. The van der Waals surface area contributed by atoms with E-state index in [9.17, 15) is 0 Å². The molecule has 0 saturated heterocycles. The molecule has 4 aromatic carbocycles. The van der Waals surface area contributed by atoms with Gasteiger partial charge in [0.15, 0.2) is 0 Å². The van der Waals surface area contributed by atoms with Gasteiger partial charge in [-0.25, -0.2) is 0 Å². The normalized spacial score (nSPS) is 11.1. The Balaban J connectivity index is 0.000000119. The average molecular weight is 494 g/mol. The average Bonchev–Trinajstić information content (AvgIpc) is 3.28. The lowest BCUT2D eigenvalue weighted by molar-refractivity contribution is 1.79. The summed E-state index contributed by atoms with van der Waals surface area (Å²) in [7, 11) is 0. The van der Waals surface area contributed by atoms with Crippen molar-refractivity contribution >= 4 is 85.6 Å². The molecule has 0 fully saturated rings. The van der Waals surface area contributed by atoms with E-state index in [-0.39, 0.29) is 0 Å². The van der Waals surface area contributed by atoms with E-state index >= 15 is 0 Å². The maximum Gasteiger partial charge on any atom is 0.0488 e. The van der Waals surface area contributed by atoms with E-state index in [1.807, 2.05) is 22.7 Å². The van der Waals surface area contributed by atoms with Crippen molar-refractivity contribution in [1.82, 2.24) is 0 Å². The third kappa shape index (κ3) is 3.14. The van der Waals surface area contributed by atoms with Crippen LogP contribution in [0.3, 0.4) is 0 Å². The number of rotatable bonds is 0. The second-order valence-corrected chi connectivity index (χ2v) is 9.61. The summed E-state index contributed by atoms with van der Waals surface area (Å²) < 4.78 is 6.90. The standard InChI is InChI=1S/C12H7IS.C12H8S/c13-10-6-3-5-9-8-4-1-2-7-11(8)14-12(9)10;1-3-7-11-9(5-1)10-6-2-4-8-12(10)13-11/h1-7H;1-8H. The van der Waals surface area contributed by atoms with Crippen LogP contribution in [0.4, 0.5) is 0 Å². The summed E-state index contributed by atoms with van der Waals surface area (Å²) >= 11 is 6.15. The molecule has 0 saturated carbocycles. The van der Waals surface area contributed by atoms with Crippen molar-refractivity contribution in [3.8, 4) is 0 Å². The zero-order valence-electron chi connectivity index (χ0n) is 14.4. The Kier molecular flexibility index (Phi) is 4.60. The minimum atomic E-state index is 1.35. The molecule has 0 nitrogen and oxygen atoms in total. The number of fused-ring (bicyclic) bond motifs is 6. The van der Waals surface area contributed by atoms with E-state index in [0.717, 1.165) is 0 Å². The molecule has 0 atom stereocenters. The van der Waals surface area contributed by atoms with Crippen LogP contribution in [-0.2, 0) is 0 Å². The van der Waals surface area contributed by atoms with Gasteiger partial charge in [-0.3, -0.25) is 0 Å². The van der Waals surface area contributed by atoms with Crippen LogP contribution in [0.5, 0.6) is 0 Å². The Morgan fingerprint density at radius 2 is 0.889 bits per heavy atom. The third-order valence-corrected chi connectivity index (χ3v) is 8.28. The van der Waals surface area contributed by atoms with Gasteiger partial charge in [0.05, 0.1) is 0 Å². The van der Waals surface area contributed by atoms with Crippen molar-refractivity contribution in [1.29, 1.82) is 0 Å². The quantitative estimate of drug-likeness (QED) is 0.185. The van der Waals surface area contributed by atoms with Crippen LogP contribution < -0.4 is 0 Å². The van der Waals surface area contributed by atoms with Crippen molar-refractivity contribution in [2.45, 2.75) is 0 Å². The fourth-order valence-corrected chi connectivity index (χ4v) is 6.43. The minimum absolute atomic E-state index is 1.35. The van der Waals surface area contributed by atoms with E-state index in [1.54, 1.807) is 0 Å². The first-order valence-corrected chi connectivity index (χ1v) is 11.4. The zero-order valence-corrected chi connectivity index (χ0v) is 18.1. The molecule has 0 amide bonds. The first-order valence-electron chi connectivity index (χ1n) is 8.73. The summed E-state index contributed by atoms with van der Waals surface area (Å²) in [6.07, 6.45) is 0. The van der Waals surface area contributed by atoms with Gasteiger partial charge in [-0.1, -0.05) is 66.7 Å². The van der Waals surface area contributed by atoms with Crippen molar-refractivity contribution in [2.75, 3.05) is 0 Å². The predicted octanol–water partition coefficient (Wildman–Crippen LogP) is 8.71. The summed E-state index contributed by atoms with van der Waals surface area (Å²) in [5, 5.41) is 5.52. The molecule has 27 heavy (non-hydrogen) atoms. The largest absolute Gasteiger partial charge is 0.135 e. The van der Waals surface area contributed by atoms with Gasteiger partial charge in [0.2, 0.25) is 0 Å². The molecule has 6 aromatic rings. The maximum atomic E-state index is 2.40. The molecule has 130 valence electrons. The minimum Gasteiger partial charge on any atom is -0.135 e. The Bertz CT molecular complexity index is 1340. The third-order valence-electron chi connectivity index (χ3n) is 4.64. The second kappa shape index (κ2) is 7.23. The molecule has 0 aliphatic rings. The van der Waals surface area contributed by atoms with Gasteiger partial charge in [0.25, 0.3) is 0 Å². The fraction of sp³-hybridized carbons (Fsp3) is 0. The molecule has 0 bridgehead atoms. The number of benzene rings is 4. The van der Waals surface area contributed by atoms with Crippen LogP contribution >= 0.6 is 45.3 Å². The smallest absolute Gasteiger partial charge is 0.0488 e. The fourth-order valence-electron chi connectivity index (χ4n) is 3.39. The molecule has 0 spiro atoms. The van der Waals surface area contributed by atoms with Gasteiger partial charge in [0, 0.05) is 43.9 Å². The first kappa shape index (κ1) is 17.2. The highest BCUT2D eigenvalue weighted by Gasteiger charge is 2.05. The molecule has 0 unspecified atom stereocenters. The van der Waals surface area contributed by atoms with Gasteiger partial charge >= 0.3 is 0 Å². The van der Waals surface area contributed by atoms with E-state index in [0.29, 0.717) is 0 Å². The van der Waals surface area contributed by atoms with Crippen molar-refractivity contribution in [3.63, 3.8) is 0 Å². The lowest BCUT2D eigenvalue weighted by atomic mass is 10.2. The van der Waals surface area contributed by atoms with Crippen LogP contribution in [0.2, 0.25) is 0 Å². The Hall–Kier alpha value is -1.95. The van der Waals surface area contributed by atoms with E-state index in [2.05, 4.69) is 114 Å². The summed E-state index contributed by atoms with van der Waals surface area (Å²) in [6, 6.07) is 32.2. The molecule has 6 rings (SSSR count). The summed E-state index contributed by atoms with van der Waals surface area (Å²) in [5.74, 6) is 0. The Morgan fingerprint density at radius 1 is 0.444 bits per heavy atom. The van der Waals surface area contributed by atoms with Gasteiger partial charge in [0.1, 0.15) is 0 Å². The Morgan fingerprint density at radius 3 is 1.48 bits per heavy atom. The van der Waals surface area contributed by atoms with E-state index in [1.165, 1.54) is 43.9 Å². The highest BCUT2D eigenvalue weighted by Crippen LogP contribution is 2.36. The highest BCUT2D eigenvalue weighted by molar-refractivity contribution is 14.1. The molecule has 2 aromatic heterocycles. The zero-order chi connectivity index (χ0) is 18.2. The molecule has 2 heterocycles. The van der Waals surface area contributed by atoms with Gasteiger partial charge in [-0.15, -0.1) is 22.7 Å². The van der Waals surface area contributed by atoms with Gasteiger partial charge in [-0.05, 0) is 46.9 Å². The predicted molar refractivity (Wildman–Crippen MR) is 131 cm³/mol. The highest BCUT2D eigenvalue weighted by atomic mass is 127. The maximum absolute atomic E-state index is 2.40. The number of hydrogen-bond donors (Lipinski definition) is 0. The van der Waals surface area contributed by atoms with Crippen LogP contribution in [0, 0.1) is 3.57 Å². The molecular formula is C24H15IS2. The molecule has 0 radical (unpaired) electrons. The van der Waals surface area contributed by atoms with Crippen molar-refractivity contribution in [2.24, 2.45) is 0 Å². The van der Waals surface area contributed by atoms with E-state index < -0.39 is 0 Å². The lowest BCUT2D eigenvalue weighted by Gasteiger charge is -1.92. The monoisotopic (exact) mass is 494 g/mol. The molecule has 0 N–H and O–H groups in total. The lowest BCUT2D eigenvalue weighted by Crippen LogP contribution is -1.69. The Labute approximate surface area is 179 Å². The van der Waals surface area contributed by atoms with Gasteiger partial charge in [-0.2, -0.15) is 0 Å². The summed E-state index contributed by atoms with van der Waals surface area (Å²) in [5.41, 5.74) is 0. The van der Waals surface area contributed by atoms with Crippen molar-refractivity contribution < 1.29 is 0 Å². The van der Waals surface area contributed by atoms with Crippen LogP contribution in [0.15, 0.2) is 91.0 Å². The molecule has 3 heteroatoms.